The molecule has 0 atom stereocenters. The number of hydrogen-bond acceptors (Lipinski definition) is 7. The normalized spacial score (nSPS) is 14.6. The molecule has 0 unspecified atom stereocenters. The molecular weight excluding hydrogens is 378 g/mol. The Hall–Kier alpha value is -2.42. The number of nitrogens with one attached hydrogen (secondary N) is 1. The van der Waals surface area contributed by atoms with E-state index in [1.807, 2.05) is 0 Å². The first-order valence-electron chi connectivity index (χ1n) is 9.54. The first-order valence-corrected chi connectivity index (χ1v) is 10.5. The summed E-state index contributed by atoms with van der Waals surface area (Å²) in [4.78, 5) is 32.6. The van der Waals surface area contributed by atoms with Crippen molar-refractivity contribution in [2.75, 3.05) is 12.4 Å². The molecule has 9 heteroatoms. The molecule has 2 heterocycles. The van der Waals surface area contributed by atoms with E-state index in [0.29, 0.717) is 40.5 Å². The van der Waals surface area contributed by atoms with Crippen LogP contribution >= 0.6 is 11.8 Å². The van der Waals surface area contributed by atoms with Crippen LogP contribution in [0.5, 0.6) is 0 Å². The van der Waals surface area contributed by atoms with Crippen LogP contribution in [-0.2, 0) is 9.53 Å². The summed E-state index contributed by atoms with van der Waals surface area (Å²) in [6, 6.07) is 2.05. The summed E-state index contributed by atoms with van der Waals surface area (Å²) in [6.45, 7) is 3.81. The van der Waals surface area contributed by atoms with E-state index in [0.717, 1.165) is 12.8 Å². The number of hydrogen-bond donors (Lipinski definition) is 1. The maximum absolute atomic E-state index is 12.2. The van der Waals surface area contributed by atoms with Gasteiger partial charge in [-0.1, -0.05) is 31.0 Å². The quantitative estimate of drug-likeness (QED) is 0.431. The van der Waals surface area contributed by atoms with E-state index >= 15 is 0 Å². The van der Waals surface area contributed by atoms with Crippen LogP contribution in [-0.4, -0.2) is 50.0 Å². The molecule has 1 N–H and O–H groups in total. The number of aromatic nitrogens is 4. The van der Waals surface area contributed by atoms with E-state index in [1.54, 1.807) is 26.1 Å². The zero-order valence-electron chi connectivity index (χ0n) is 16.2. The van der Waals surface area contributed by atoms with Gasteiger partial charge < -0.3 is 10.1 Å². The van der Waals surface area contributed by atoms with Crippen molar-refractivity contribution in [1.82, 2.24) is 25.1 Å². The van der Waals surface area contributed by atoms with Crippen molar-refractivity contribution in [2.45, 2.75) is 57.0 Å². The highest BCUT2D eigenvalue weighted by molar-refractivity contribution is 7.99. The summed E-state index contributed by atoms with van der Waals surface area (Å²) in [6.07, 6.45) is 8.78. The minimum atomic E-state index is -0.408. The van der Waals surface area contributed by atoms with Gasteiger partial charge in [-0.2, -0.15) is 5.10 Å². The van der Waals surface area contributed by atoms with Crippen molar-refractivity contribution in [3.05, 3.63) is 29.8 Å². The van der Waals surface area contributed by atoms with Crippen LogP contribution in [0.4, 0.5) is 0 Å². The SMILES string of the molecule is CCOC(=O)c1cn(-c2cc(SCC(=O)NC3CCCCC3)ncn2)nc1C. The number of ether oxygens (including phenoxy) is 1. The molecule has 1 saturated carbocycles. The highest BCUT2D eigenvalue weighted by atomic mass is 32.2. The topological polar surface area (TPSA) is 99.0 Å². The van der Waals surface area contributed by atoms with E-state index < -0.39 is 5.97 Å². The second-order valence-corrected chi connectivity index (χ2v) is 7.69. The van der Waals surface area contributed by atoms with E-state index in [-0.39, 0.29) is 5.91 Å². The Morgan fingerprint density at radius 3 is 2.82 bits per heavy atom. The summed E-state index contributed by atoms with van der Waals surface area (Å²) in [5.41, 5.74) is 0.972. The fraction of sp³-hybridized carbons (Fsp3) is 0.526. The number of aryl methyl sites for hydroxylation is 1. The van der Waals surface area contributed by atoms with Crippen LogP contribution in [0.2, 0.25) is 0 Å². The fourth-order valence-corrected chi connectivity index (χ4v) is 3.85. The Bertz CT molecular complexity index is 833. The fourth-order valence-electron chi connectivity index (χ4n) is 3.18. The van der Waals surface area contributed by atoms with E-state index in [4.69, 9.17) is 4.74 Å². The third-order valence-electron chi connectivity index (χ3n) is 4.58. The average molecular weight is 404 g/mol. The van der Waals surface area contributed by atoms with E-state index in [1.165, 1.54) is 42.0 Å². The Morgan fingerprint density at radius 2 is 2.07 bits per heavy atom. The zero-order chi connectivity index (χ0) is 19.9. The number of amides is 1. The number of rotatable bonds is 7. The molecule has 0 radical (unpaired) electrons. The van der Waals surface area contributed by atoms with E-state index in [2.05, 4.69) is 20.4 Å². The van der Waals surface area contributed by atoms with Gasteiger partial charge in [0.25, 0.3) is 0 Å². The van der Waals surface area contributed by atoms with Gasteiger partial charge in [-0.3, -0.25) is 4.79 Å². The molecule has 28 heavy (non-hydrogen) atoms. The Morgan fingerprint density at radius 1 is 1.29 bits per heavy atom. The summed E-state index contributed by atoms with van der Waals surface area (Å²) >= 11 is 1.36. The van der Waals surface area contributed by atoms with Gasteiger partial charge in [0.1, 0.15) is 16.9 Å². The van der Waals surface area contributed by atoms with Gasteiger partial charge in [-0.25, -0.2) is 19.4 Å². The first kappa shape index (κ1) is 20.3. The number of nitrogens with zero attached hydrogens (tertiary/aromatic N) is 4. The van der Waals surface area contributed by atoms with Crippen LogP contribution in [0.25, 0.3) is 5.82 Å². The van der Waals surface area contributed by atoms with E-state index in [9.17, 15) is 9.59 Å². The summed E-state index contributed by atoms with van der Waals surface area (Å²) in [7, 11) is 0. The van der Waals surface area contributed by atoms with Crippen LogP contribution in [0.3, 0.4) is 0 Å². The third-order valence-corrected chi connectivity index (χ3v) is 5.50. The van der Waals surface area contributed by atoms with Crippen LogP contribution < -0.4 is 5.32 Å². The van der Waals surface area contributed by atoms with Crippen molar-refractivity contribution in [3.8, 4) is 5.82 Å². The zero-order valence-corrected chi connectivity index (χ0v) is 17.0. The number of carbonyl (C=O) groups is 2. The second-order valence-electron chi connectivity index (χ2n) is 6.70. The molecular formula is C19H25N5O3S. The molecule has 0 saturated heterocycles. The van der Waals surface area contributed by atoms with Crippen molar-refractivity contribution >= 4 is 23.6 Å². The maximum Gasteiger partial charge on any atom is 0.341 e. The third kappa shape index (κ3) is 5.31. The molecule has 1 aliphatic rings. The molecule has 8 nitrogen and oxygen atoms in total. The molecule has 1 amide bonds. The number of thioether (sulfide) groups is 1. The predicted octanol–water partition coefficient (Wildman–Crippen LogP) is 2.69. The summed E-state index contributed by atoms with van der Waals surface area (Å²) in [5, 5.41) is 8.11. The van der Waals surface area contributed by atoms with Gasteiger partial charge in [0.15, 0.2) is 5.82 Å². The van der Waals surface area contributed by atoms with Crippen LogP contribution in [0.1, 0.15) is 55.1 Å². The number of esters is 1. The Labute approximate surface area is 168 Å². The second kappa shape index (κ2) is 9.68. The molecule has 0 spiro atoms. The van der Waals surface area contributed by atoms with Crippen LogP contribution in [0.15, 0.2) is 23.6 Å². The molecule has 1 fully saturated rings. The lowest BCUT2D eigenvalue weighted by molar-refractivity contribution is -0.119. The van der Waals surface area contributed by atoms with Gasteiger partial charge in [-0.15, -0.1) is 0 Å². The largest absolute Gasteiger partial charge is 0.462 e. The summed E-state index contributed by atoms with van der Waals surface area (Å²) in [5.74, 6) is 0.453. The Kier molecular flexibility index (Phi) is 7.02. The lowest BCUT2D eigenvalue weighted by Crippen LogP contribution is -2.37. The lowest BCUT2D eigenvalue weighted by atomic mass is 9.95. The molecule has 0 aromatic carbocycles. The van der Waals surface area contributed by atoms with Gasteiger partial charge in [0, 0.05) is 18.3 Å². The molecule has 0 aliphatic heterocycles. The Balaban J connectivity index is 1.61. The van der Waals surface area contributed by atoms with Gasteiger partial charge in [0.05, 0.1) is 18.1 Å². The first-order chi connectivity index (χ1) is 13.6. The van der Waals surface area contributed by atoms with Crippen molar-refractivity contribution < 1.29 is 14.3 Å². The smallest absolute Gasteiger partial charge is 0.341 e. The lowest BCUT2D eigenvalue weighted by Gasteiger charge is -2.22. The van der Waals surface area contributed by atoms with Gasteiger partial charge in [-0.05, 0) is 26.7 Å². The monoisotopic (exact) mass is 403 g/mol. The van der Waals surface area contributed by atoms with Crippen molar-refractivity contribution in [2.24, 2.45) is 0 Å². The average Bonchev–Trinajstić information content (AvgIpc) is 3.09. The van der Waals surface area contributed by atoms with Crippen molar-refractivity contribution in [1.29, 1.82) is 0 Å². The standard InChI is InChI=1S/C19H25N5O3S/c1-3-27-19(26)15-10-24(23-13(15)2)16-9-18(21-12-20-16)28-11-17(25)22-14-7-5-4-6-8-14/h9-10,12,14H,3-8,11H2,1-2H3,(H,22,25). The molecule has 2 aromatic heterocycles. The highest BCUT2D eigenvalue weighted by Crippen LogP contribution is 2.20. The maximum atomic E-state index is 12.2. The minimum absolute atomic E-state index is 0.0246. The minimum Gasteiger partial charge on any atom is -0.462 e. The molecule has 3 rings (SSSR count). The van der Waals surface area contributed by atoms with Crippen molar-refractivity contribution in [3.63, 3.8) is 0 Å². The molecule has 0 bridgehead atoms. The predicted molar refractivity (Wildman–Crippen MR) is 106 cm³/mol. The van der Waals surface area contributed by atoms with Gasteiger partial charge in [0.2, 0.25) is 5.91 Å². The molecule has 1 aliphatic carbocycles. The van der Waals surface area contributed by atoms with Crippen LogP contribution in [0, 0.1) is 6.92 Å². The number of carbonyl (C=O) groups excluding carboxylic acids is 2. The van der Waals surface area contributed by atoms with Gasteiger partial charge >= 0.3 is 5.97 Å². The molecule has 150 valence electrons. The molecule has 2 aromatic rings. The highest BCUT2D eigenvalue weighted by Gasteiger charge is 2.17. The summed E-state index contributed by atoms with van der Waals surface area (Å²) < 4.78 is 6.56.